The van der Waals surface area contributed by atoms with Crippen LogP contribution in [-0.2, 0) is 16.4 Å². The lowest BCUT2D eigenvalue weighted by molar-refractivity contribution is -0.0644. The number of ether oxygens (including phenoxy) is 1. The largest absolute Gasteiger partial charge is 0.506 e. The van der Waals surface area contributed by atoms with E-state index in [1.165, 1.54) is 12.1 Å². The first-order valence-corrected chi connectivity index (χ1v) is 11.4. The number of benzene rings is 2. The SMILES string of the molecule is CC1(C)Oc2cc(NS(=O)(=O)CCl)c(O)cc2C(NCCc2ccccc2)C1O. The van der Waals surface area contributed by atoms with Gasteiger partial charge in [0.2, 0.25) is 10.0 Å². The van der Waals surface area contributed by atoms with Crippen LogP contribution in [0.5, 0.6) is 11.5 Å². The number of aliphatic hydroxyl groups is 1. The summed E-state index contributed by atoms with van der Waals surface area (Å²) in [5, 5.41) is 23.9. The molecule has 29 heavy (non-hydrogen) atoms. The van der Waals surface area contributed by atoms with Crippen LogP contribution in [0.25, 0.3) is 0 Å². The third-order valence-corrected chi connectivity index (χ3v) is 6.57. The zero-order valence-electron chi connectivity index (χ0n) is 16.2. The van der Waals surface area contributed by atoms with E-state index in [4.69, 9.17) is 16.3 Å². The molecule has 0 aliphatic carbocycles. The smallest absolute Gasteiger partial charge is 0.246 e. The van der Waals surface area contributed by atoms with Crippen LogP contribution in [0, 0.1) is 0 Å². The van der Waals surface area contributed by atoms with Crippen molar-refractivity contribution in [2.75, 3.05) is 16.5 Å². The van der Waals surface area contributed by atoms with Gasteiger partial charge in [-0.15, -0.1) is 11.6 Å². The van der Waals surface area contributed by atoms with E-state index in [9.17, 15) is 18.6 Å². The minimum atomic E-state index is -3.78. The standard InChI is InChI=1S/C20H25ClN2O5S/c1-20(2)19(25)18(22-9-8-13-6-4-3-5-7-13)14-10-16(24)15(11-17(14)28-20)23-29(26,27)12-21/h3-7,10-11,18-19,22-25H,8-9,12H2,1-2H3. The average Bonchev–Trinajstić information content (AvgIpc) is 2.67. The van der Waals surface area contributed by atoms with Gasteiger partial charge >= 0.3 is 0 Å². The van der Waals surface area contributed by atoms with Crippen molar-refractivity contribution in [1.82, 2.24) is 5.32 Å². The van der Waals surface area contributed by atoms with Gasteiger partial charge < -0.3 is 20.3 Å². The van der Waals surface area contributed by atoms with Crippen molar-refractivity contribution in [3.8, 4) is 11.5 Å². The third-order valence-electron chi connectivity index (χ3n) is 4.89. The van der Waals surface area contributed by atoms with Crippen molar-refractivity contribution in [3.63, 3.8) is 0 Å². The molecule has 4 N–H and O–H groups in total. The van der Waals surface area contributed by atoms with Crippen LogP contribution in [0.1, 0.15) is 31.0 Å². The topological polar surface area (TPSA) is 108 Å². The monoisotopic (exact) mass is 440 g/mol. The molecule has 1 heterocycles. The van der Waals surface area contributed by atoms with Gasteiger partial charge in [-0.05, 0) is 38.4 Å². The molecule has 0 amide bonds. The second-order valence-electron chi connectivity index (χ2n) is 7.55. The Labute approximate surface area is 175 Å². The van der Waals surface area contributed by atoms with Gasteiger partial charge in [-0.3, -0.25) is 4.72 Å². The number of hydrogen-bond acceptors (Lipinski definition) is 6. The third kappa shape index (κ3) is 4.95. The number of aliphatic hydroxyl groups excluding tert-OH is 1. The Kier molecular flexibility index (Phi) is 6.28. The molecule has 3 rings (SSSR count). The minimum Gasteiger partial charge on any atom is -0.506 e. The van der Waals surface area contributed by atoms with Crippen molar-refractivity contribution in [1.29, 1.82) is 0 Å². The van der Waals surface area contributed by atoms with E-state index < -0.39 is 33.0 Å². The predicted octanol–water partition coefficient (Wildman–Crippen LogP) is 2.74. The summed E-state index contributed by atoms with van der Waals surface area (Å²) in [7, 11) is -3.78. The number of halogens is 1. The van der Waals surface area contributed by atoms with Crippen LogP contribution in [0.4, 0.5) is 5.69 Å². The number of hydrogen-bond donors (Lipinski definition) is 4. The molecule has 2 unspecified atom stereocenters. The zero-order valence-corrected chi connectivity index (χ0v) is 17.8. The molecule has 0 fully saturated rings. The average molecular weight is 441 g/mol. The van der Waals surface area contributed by atoms with Gasteiger partial charge in [0.25, 0.3) is 0 Å². The highest BCUT2D eigenvalue weighted by Gasteiger charge is 2.43. The lowest BCUT2D eigenvalue weighted by Crippen LogP contribution is -2.52. The fourth-order valence-corrected chi connectivity index (χ4v) is 4.06. The maximum absolute atomic E-state index is 11.8. The fourth-order valence-electron chi connectivity index (χ4n) is 3.35. The van der Waals surface area contributed by atoms with E-state index in [0.29, 0.717) is 17.9 Å². The van der Waals surface area contributed by atoms with Crippen molar-refractivity contribution in [2.24, 2.45) is 0 Å². The van der Waals surface area contributed by atoms with Crippen molar-refractivity contribution in [3.05, 3.63) is 53.6 Å². The Morgan fingerprint density at radius 1 is 1.21 bits per heavy atom. The molecule has 0 saturated carbocycles. The second-order valence-corrected chi connectivity index (χ2v) is 9.86. The summed E-state index contributed by atoms with van der Waals surface area (Å²) in [5.74, 6) is 0.102. The molecule has 2 atom stereocenters. The van der Waals surface area contributed by atoms with Gasteiger partial charge in [-0.2, -0.15) is 0 Å². The Bertz CT molecular complexity index is 966. The Hall–Kier alpha value is -2.00. The predicted molar refractivity (Wildman–Crippen MR) is 113 cm³/mol. The number of sulfonamides is 1. The number of alkyl halides is 1. The molecule has 2 aromatic carbocycles. The first-order chi connectivity index (χ1) is 13.6. The van der Waals surface area contributed by atoms with E-state index in [0.717, 1.165) is 12.0 Å². The van der Waals surface area contributed by atoms with Crippen LogP contribution < -0.4 is 14.8 Å². The van der Waals surface area contributed by atoms with E-state index in [1.807, 2.05) is 30.3 Å². The van der Waals surface area contributed by atoms with Crippen LogP contribution in [0.2, 0.25) is 0 Å². The summed E-state index contributed by atoms with van der Waals surface area (Å²) >= 11 is 5.43. The zero-order chi connectivity index (χ0) is 21.2. The van der Waals surface area contributed by atoms with Crippen LogP contribution >= 0.6 is 11.6 Å². The summed E-state index contributed by atoms with van der Waals surface area (Å²) in [5.41, 5.74) is 0.766. The second kappa shape index (κ2) is 8.39. The number of anilines is 1. The summed E-state index contributed by atoms with van der Waals surface area (Å²) in [6.07, 6.45) is -0.115. The van der Waals surface area contributed by atoms with Gasteiger partial charge in [0.05, 0.1) is 11.7 Å². The van der Waals surface area contributed by atoms with Gasteiger partial charge in [0, 0.05) is 11.6 Å². The summed E-state index contributed by atoms with van der Waals surface area (Å²) in [6, 6.07) is 12.3. The molecule has 0 spiro atoms. The summed E-state index contributed by atoms with van der Waals surface area (Å²) in [4.78, 5) is 0. The molecule has 158 valence electrons. The fraction of sp³-hybridized carbons (Fsp3) is 0.400. The lowest BCUT2D eigenvalue weighted by atomic mass is 9.86. The highest BCUT2D eigenvalue weighted by atomic mass is 35.5. The van der Waals surface area contributed by atoms with Gasteiger partial charge in [-0.1, -0.05) is 30.3 Å². The van der Waals surface area contributed by atoms with Gasteiger partial charge in [-0.25, -0.2) is 8.42 Å². The highest BCUT2D eigenvalue weighted by molar-refractivity contribution is 7.93. The van der Waals surface area contributed by atoms with E-state index in [1.54, 1.807) is 13.8 Å². The van der Waals surface area contributed by atoms with E-state index >= 15 is 0 Å². The molecule has 1 aliphatic heterocycles. The maximum atomic E-state index is 11.8. The Morgan fingerprint density at radius 2 is 1.90 bits per heavy atom. The van der Waals surface area contributed by atoms with Crippen molar-refractivity contribution in [2.45, 2.75) is 38.0 Å². The van der Waals surface area contributed by atoms with E-state index in [2.05, 4.69) is 10.0 Å². The Morgan fingerprint density at radius 3 is 2.55 bits per heavy atom. The quantitative estimate of drug-likeness (QED) is 0.389. The molecule has 7 nitrogen and oxygen atoms in total. The van der Waals surface area contributed by atoms with Gasteiger partial charge in [0.15, 0.2) is 0 Å². The van der Waals surface area contributed by atoms with Gasteiger partial charge in [0.1, 0.15) is 28.4 Å². The lowest BCUT2D eigenvalue weighted by Gasteiger charge is -2.42. The summed E-state index contributed by atoms with van der Waals surface area (Å²) < 4.78 is 31.7. The molecule has 2 aromatic rings. The first kappa shape index (κ1) is 21.7. The van der Waals surface area contributed by atoms with Crippen molar-refractivity contribution < 1.29 is 23.4 Å². The number of fused-ring (bicyclic) bond motifs is 1. The number of phenols is 1. The molecule has 0 bridgehead atoms. The molecule has 9 heteroatoms. The summed E-state index contributed by atoms with van der Waals surface area (Å²) in [6.45, 7) is 4.10. The highest BCUT2D eigenvalue weighted by Crippen LogP contribution is 2.44. The number of phenolic OH excluding ortho intramolecular Hbond substituents is 1. The van der Waals surface area contributed by atoms with Crippen molar-refractivity contribution >= 4 is 27.3 Å². The molecular formula is C20H25ClN2O5S. The Balaban J connectivity index is 1.87. The maximum Gasteiger partial charge on any atom is 0.246 e. The normalized spacial score (nSPS) is 20.6. The van der Waals surface area contributed by atoms with E-state index in [-0.39, 0.29) is 11.4 Å². The number of nitrogens with one attached hydrogen (secondary N) is 2. The van der Waals surface area contributed by atoms with Crippen LogP contribution in [0.15, 0.2) is 42.5 Å². The molecule has 0 saturated heterocycles. The van der Waals surface area contributed by atoms with Crippen LogP contribution in [-0.4, -0.2) is 42.1 Å². The molecular weight excluding hydrogens is 416 g/mol. The number of aromatic hydroxyl groups is 1. The molecule has 1 aliphatic rings. The first-order valence-electron chi connectivity index (χ1n) is 9.21. The molecule has 0 aromatic heterocycles. The minimum absolute atomic E-state index is 0.0281. The number of rotatable bonds is 7. The van der Waals surface area contributed by atoms with Crippen LogP contribution in [0.3, 0.4) is 0 Å². The molecule has 0 radical (unpaired) electrons.